The van der Waals surface area contributed by atoms with Crippen molar-refractivity contribution in [2.24, 2.45) is 0 Å². The molecule has 0 bridgehead atoms. The van der Waals surface area contributed by atoms with Gasteiger partial charge in [0.15, 0.2) is 0 Å². The third-order valence-electron chi connectivity index (χ3n) is 4.15. The Balaban J connectivity index is 1.64. The lowest BCUT2D eigenvalue weighted by atomic mass is 10.1. The van der Waals surface area contributed by atoms with Gasteiger partial charge in [0.1, 0.15) is 5.65 Å². The summed E-state index contributed by atoms with van der Waals surface area (Å²) in [7, 11) is 0. The molecule has 0 aliphatic carbocycles. The van der Waals surface area contributed by atoms with Gasteiger partial charge in [-0.15, -0.1) is 0 Å². The molecule has 0 fully saturated rings. The van der Waals surface area contributed by atoms with Crippen LogP contribution in [0, 0.1) is 10.5 Å². The molecule has 1 N–H and O–H groups in total. The van der Waals surface area contributed by atoms with E-state index in [0.29, 0.717) is 5.56 Å². The standard InChI is InChI=1S/C21H16IN3O/c1-14-9-10-25-13-19(24-20(25)11-14)15-5-4-6-16(12-15)23-21(26)17-7-2-3-8-18(17)22/h2-13H,1H3,(H,23,26). The fourth-order valence-corrected chi connectivity index (χ4v) is 3.46. The fourth-order valence-electron chi connectivity index (χ4n) is 2.82. The van der Waals surface area contributed by atoms with Crippen molar-refractivity contribution < 1.29 is 4.79 Å². The van der Waals surface area contributed by atoms with E-state index < -0.39 is 0 Å². The third kappa shape index (κ3) is 3.35. The summed E-state index contributed by atoms with van der Waals surface area (Å²) in [6.45, 7) is 2.05. The molecule has 2 aromatic carbocycles. The van der Waals surface area contributed by atoms with Crippen LogP contribution in [0.25, 0.3) is 16.9 Å². The van der Waals surface area contributed by atoms with Crippen LogP contribution in [0.2, 0.25) is 0 Å². The molecule has 0 atom stereocenters. The Kier molecular flexibility index (Phi) is 4.46. The van der Waals surface area contributed by atoms with E-state index in [4.69, 9.17) is 0 Å². The van der Waals surface area contributed by atoms with Crippen LogP contribution in [0.5, 0.6) is 0 Å². The number of hydrogen-bond donors (Lipinski definition) is 1. The monoisotopic (exact) mass is 453 g/mol. The lowest BCUT2D eigenvalue weighted by Crippen LogP contribution is -2.13. The Morgan fingerprint density at radius 3 is 2.77 bits per heavy atom. The molecule has 2 aromatic heterocycles. The van der Waals surface area contributed by atoms with Crippen molar-refractivity contribution >= 4 is 39.8 Å². The van der Waals surface area contributed by atoms with Crippen LogP contribution in [0.3, 0.4) is 0 Å². The maximum Gasteiger partial charge on any atom is 0.256 e. The third-order valence-corrected chi connectivity index (χ3v) is 5.09. The molecule has 128 valence electrons. The number of aryl methyl sites for hydroxylation is 1. The molecule has 2 heterocycles. The molecule has 5 heteroatoms. The maximum absolute atomic E-state index is 12.5. The summed E-state index contributed by atoms with van der Waals surface area (Å²) in [4.78, 5) is 17.2. The zero-order valence-electron chi connectivity index (χ0n) is 14.1. The van der Waals surface area contributed by atoms with Gasteiger partial charge >= 0.3 is 0 Å². The van der Waals surface area contributed by atoms with Gasteiger partial charge < -0.3 is 9.72 Å². The molecule has 0 radical (unpaired) electrons. The number of aromatic nitrogens is 2. The van der Waals surface area contributed by atoms with Gasteiger partial charge in [-0.2, -0.15) is 0 Å². The summed E-state index contributed by atoms with van der Waals surface area (Å²) in [5.74, 6) is -0.113. The predicted molar refractivity (Wildman–Crippen MR) is 112 cm³/mol. The molecule has 0 aliphatic rings. The first kappa shape index (κ1) is 16.8. The van der Waals surface area contributed by atoms with Crippen molar-refractivity contribution in [1.82, 2.24) is 9.38 Å². The number of carbonyl (C=O) groups excluding carboxylic acids is 1. The van der Waals surface area contributed by atoms with E-state index >= 15 is 0 Å². The van der Waals surface area contributed by atoms with Crippen LogP contribution in [0.4, 0.5) is 5.69 Å². The summed E-state index contributed by atoms with van der Waals surface area (Å²) in [5.41, 5.74) is 5.34. The van der Waals surface area contributed by atoms with Crippen molar-refractivity contribution in [2.45, 2.75) is 6.92 Å². The minimum atomic E-state index is -0.113. The molecule has 0 unspecified atom stereocenters. The maximum atomic E-state index is 12.5. The van der Waals surface area contributed by atoms with Crippen LogP contribution in [-0.2, 0) is 0 Å². The van der Waals surface area contributed by atoms with Gasteiger partial charge in [0.25, 0.3) is 5.91 Å². The first-order valence-electron chi connectivity index (χ1n) is 8.22. The number of rotatable bonds is 3. The van der Waals surface area contributed by atoms with E-state index in [1.807, 2.05) is 71.4 Å². The number of nitrogens with zero attached hydrogens (tertiary/aromatic N) is 2. The summed E-state index contributed by atoms with van der Waals surface area (Å²) in [5, 5.41) is 2.97. The molecule has 1 amide bonds. The molecule has 0 spiro atoms. The molecule has 4 aromatic rings. The van der Waals surface area contributed by atoms with Gasteiger partial charge in [0.05, 0.1) is 11.3 Å². The van der Waals surface area contributed by atoms with Crippen molar-refractivity contribution in [1.29, 1.82) is 0 Å². The van der Waals surface area contributed by atoms with E-state index in [9.17, 15) is 4.79 Å². The number of nitrogens with one attached hydrogen (secondary N) is 1. The second kappa shape index (κ2) is 6.92. The van der Waals surface area contributed by atoms with E-state index in [1.165, 1.54) is 5.56 Å². The Labute approximate surface area is 165 Å². The molecule has 26 heavy (non-hydrogen) atoms. The Hall–Kier alpha value is -2.67. The number of halogens is 1. The van der Waals surface area contributed by atoms with Crippen molar-refractivity contribution in [3.8, 4) is 11.3 Å². The zero-order valence-corrected chi connectivity index (χ0v) is 16.3. The molecule has 0 aliphatic heterocycles. The molecule has 4 rings (SSSR count). The van der Waals surface area contributed by atoms with Gasteiger partial charge in [-0.3, -0.25) is 4.79 Å². The summed E-state index contributed by atoms with van der Waals surface area (Å²) < 4.78 is 2.93. The van der Waals surface area contributed by atoms with Gasteiger partial charge in [-0.25, -0.2) is 4.98 Å². The van der Waals surface area contributed by atoms with Crippen LogP contribution in [0.15, 0.2) is 73.1 Å². The Bertz CT molecular complexity index is 1120. The lowest BCUT2D eigenvalue weighted by Gasteiger charge is -2.08. The normalized spacial score (nSPS) is 10.8. The van der Waals surface area contributed by atoms with Crippen LogP contribution in [0.1, 0.15) is 15.9 Å². The number of hydrogen-bond acceptors (Lipinski definition) is 2. The highest BCUT2D eigenvalue weighted by molar-refractivity contribution is 14.1. The second-order valence-corrected chi connectivity index (χ2v) is 7.27. The number of carbonyl (C=O) groups is 1. The number of benzene rings is 2. The van der Waals surface area contributed by atoms with Gasteiger partial charge in [-0.1, -0.05) is 24.3 Å². The summed E-state index contributed by atoms with van der Waals surface area (Å²) in [6.07, 6.45) is 4.00. The average molecular weight is 453 g/mol. The predicted octanol–water partition coefficient (Wildman–Crippen LogP) is 5.17. The van der Waals surface area contributed by atoms with E-state index in [1.54, 1.807) is 0 Å². The van der Waals surface area contributed by atoms with E-state index in [-0.39, 0.29) is 5.91 Å². The van der Waals surface area contributed by atoms with Gasteiger partial charge in [0.2, 0.25) is 0 Å². The minimum absolute atomic E-state index is 0.113. The SMILES string of the molecule is Cc1ccn2cc(-c3cccc(NC(=O)c4ccccc4I)c3)nc2c1. The fraction of sp³-hybridized carbons (Fsp3) is 0.0476. The molecule has 0 saturated carbocycles. The van der Waals surface area contributed by atoms with Crippen LogP contribution >= 0.6 is 22.6 Å². The highest BCUT2D eigenvalue weighted by Crippen LogP contribution is 2.23. The summed E-state index contributed by atoms with van der Waals surface area (Å²) in [6, 6.07) is 19.4. The number of amides is 1. The first-order valence-corrected chi connectivity index (χ1v) is 9.30. The van der Waals surface area contributed by atoms with Crippen molar-refractivity contribution in [3.05, 3.63) is 87.8 Å². The number of imidazole rings is 1. The minimum Gasteiger partial charge on any atom is -0.322 e. The van der Waals surface area contributed by atoms with Crippen LogP contribution < -0.4 is 5.32 Å². The average Bonchev–Trinajstić information content (AvgIpc) is 3.05. The molecular formula is C21H16IN3O. The quantitative estimate of drug-likeness (QED) is 0.436. The highest BCUT2D eigenvalue weighted by atomic mass is 127. The van der Waals surface area contributed by atoms with Crippen molar-refractivity contribution in [2.75, 3.05) is 5.32 Å². The topological polar surface area (TPSA) is 46.4 Å². The van der Waals surface area contributed by atoms with Gasteiger partial charge in [0, 0.05) is 27.2 Å². The second-order valence-electron chi connectivity index (χ2n) is 6.11. The molecule has 4 nitrogen and oxygen atoms in total. The first-order chi connectivity index (χ1) is 12.6. The molecule has 0 saturated heterocycles. The van der Waals surface area contributed by atoms with Crippen LogP contribution in [-0.4, -0.2) is 15.3 Å². The Morgan fingerprint density at radius 2 is 1.92 bits per heavy atom. The van der Waals surface area contributed by atoms with E-state index in [0.717, 1.165) is 26.2 Å². The number of pyridine rings is 1. The lowest BCUT2D eigenvalue weighted by molar-refractivity contribution is 0.102. The number of fused-ring (bicyclic) bond motifs is 1. The summed E-state index contributed by atoms with van der Waals surface area (Å²) >= 11 is 2.17. The van der Waals surface area contributed by atoms with E-state index in [2.05, 4.69) is 45.9 Å². The highest BCUT2D eigenvalue weighted by Gasteiger charge is 2.11. The number of anilines is 1. The largest absolute Gasteiger partial charge is 0.322 e. The van der Waals surface area contributed by atoms with Crippen molar-refractivity contribution in [3.63, 3.8) is 0 Å². The van der Waals surface area contributed by atoms with Gasteiger partial charge in [-0.05, 0) is 71.5 Å². The smallest absolute Gasteiger partial charge is 0.256 e. The molecular weight excluding hydrogens is 437 g/mol. The Morgan fingerprint density at radius 1 is 1.08 bits per heavy atom. The zero-order chi connectivity index (χ0) is 18.1.